The molecule has 1 rings (SSSR count). The summed E-state index contributed by atoms with van der Waals surface area (Å²) in [5, 5.41) is 10.0. The van der Waals surface area contributed by atoms with E-state index in [4.69, 9.17) is 9.47 Å². The Morgan fingerprint density at radius 2 is 2.14 bits per heavy atom. The minimum absolute atomic E-state index is 0.0460. The van der Waals surface area contributed by atoms with Crippen LogP contribution in [0, 0.1) is 5.92 Å². The average molecular weight is 202 g/mol. The molecule has 0 aliphatic carbocycles. The molecule has 0 aromatic rings. The molecule has 1 fully saturated rings. The summed E-state index contributed by atoms with van der Waals surface area (Å²) >= 11 is 0. The van der Waals surface area contributed by atoms with E-state index in [1.165, 1.54) is 6.92 Å². The standard InChI is InChI=1S/C10H18O4/c1-3-14-9(11)10(2,12)8-4-6-13-7-5-8/h8,12H,3-7H2,1-2H3/t10-/m0/s1. The molecule has 1 saturated heterocycles. The molecule has 4 heteroatoms. The SMILES string of the molecule is CCOC(=O)[C@@](C)(O)C1CCOCC1. The zero-order valence-corrected chi connectivity index (χ0v) is 8.78. The van der Waals surface area contributed by atoms with Crippen molar-refractivity contribution in [3.63, 3.8) is 0 Å². The molecule has 14 heavy (non-hydrogen) atoms. The summed E-state index contributed by atoms with van der Waals surface area (Å²) in [6, 6.07) is 0. The number of carbonyl (C=O) groups excluding carboxylic acids is 1. The lowest BCUT2D eigenvalue weighted by molar-refractivity contribution is -0.172. The van der Waals surface area contributed by atoms with Crippen molar-refractivity contribution >= 4 is 5.97 Å². The maximum atomic E-state index is 11.5. The van der Waals surface area contributed by atoms with Gasteiger partial charge in [-0.15, -0.1) is 0 Å². The Morgan fingerprint density at radius 3 is 2.64 bits per heavy atom. The van der Waals surface area contributed by atoms with Gasteiger partial charge in [0.05, 0.1) is 6.61 Å². The molecule has 1 N–H and O–H groups in total. The fourth-order valence-electron chi connectivity index (χ4n) is 1.70. The van der Waals surface area contributed by atoms with Gasteiger partial charge in [-0.2, -0.15) is 0 Å². The van der Waals surface area contributed by atoms with Crippen LogP contribution in [0.25, 0.3) is 0 Å². The smallest absolute Gasteiger partial charge is 0.338 e. The summed E-state index contributed by atoms with van der Waals surface area (Å²) in [6.45, 7) is 4.79. The van der Waals surface area contributed by atoms with Crippen LogP contribution in [-0.4, -0.2) is 36.5 Å². The highest BCUT2D eigenvalue weighted by molar-refractivity contribution is 5.79. The molecule has 0 amide bonds. The van der Waals surface area contributed by atoms with Gasteiger partial charge in [-0.25, -0.2) is 4.79 Å². The topological polar surface area (TPSA) is 55.8 Å². The first-order chi connectivity index (χ1) is 6.59. The van der Waals surface area contributed by atoms with Crippen molar-refractivity contribution in [2.24, 2.45) is 5.92 Å². The summed E-state index contributed by atoms with van der Waals surface area (Å²) in [7, 11) is 0. The Morgan fingerprint density at radius 1 is 1.57 bits per heavy atom. The Labute approximate surface area is 84.2 Å². The van der Waals surface area contributed by atoms with Crippen LogP contribution in [-0.2, 0) is 14.3 Å². The van der Waals surface area contributed by atoms with Crippen molar-refractivity contribution in [2.75, 3.05) is 19.8 Å². The first-order valence-electron chi connectivity index (χ1n) is 5.06. The van der Waals surface area contributed by atoms with Crippen LogP contribution in [0.4, 0.5) is 0 Å². The highest BCUT2D eigenvalue weighted by atomic mass is 16.5. The van der Waals surface area contributed by atoms with Crippen LogP contribution in [0.2, 0.25) is 0 Å². The fourth-order valence-corrected chi connectivity index (χ4v) is 1.70. The van der Waals surface area contributed by atoms with E-state index in [1.54, 1.807) is 6.92 Å². The molecule has 4 nitrogen and oxygen atoms in total. The third-order valence-corrected chi connectivity index (χ3v) is 2.70. The van der Waals surface area contributed by atoms with Gasteiger partial charge in [0.25, 0.3) is 0 Å². The first-order valence-corrected chi connectivity index (χ1v) is 5.06. The minimum atomic E-state index is -1.36. The van der Waals surface area contributed by atoms with Gasteiger partial charge in [-0.1, -0.05) is 0 Å². The molecular formula is C10H18O4. The van der Waals surface area contributed by atoms with E-state index in [-0.39, 0.29) is 5.92 Å². The Hall–Kier alpha value is -0.610. The van der Waals surface area contributed by atoms with E-state index < -0.39 is 11.6 Å². The maximum absolute atomic E-state index is 11.5. The van der Waals surface area contributed by atoms with E-state index in [2.05, 4.69) is 0 Å². The zero-order valence-electron chi connectivity index (χ0n) is 8.78. The molecule has 0 radical (unpaired) electrons. The van der Waals surface area contributed by atoms with Crippen molar-refractivity contribution in [1.82, 2.24) is 0 Å². The predicted molar refractivity (Wildman–Crippen MR) is 50.8 cm³/mol. The van der Waals surface area contributed by atoms with Crippen LogP contribution in [0.15, 0.2) is 0 Å². The molecule has 82 valence electrons. The number of carbonyl (C=O) groups is 1. The van der Waals surface area contributed by atoms with Crippen LogP contribution in [0.1, 0.15) is 26.7 Å². The van der Waals surface area contributed by atoms with Crippen LogP contribution >= 0.6 is 0 Å². The summed E-state index contributed by atoms with van der Waals surface area (Å²) in [5.41, 5.74) is -1.36. The van der Waals surface area contributed by atoms with Gasteiger partial charge < -0.3 is 14.6 Å². The fraction of sp³-hybridized carbons (Fsp3) is 0.900. The summed E-state index contributed by atoms with van der Waals surface area (Å²) in [6.07, 6.45) is 1.43. The van der Waals surface area contributed by atoms with E-state index in [1.807, 2.05) is 0 Å². The van der Waals surface area contributed by atoms with Gasteiger partial charge in [-0.3, -0.25) is 0 Å². The van der Waals surface area contributed by atoms with E-state index >= 15 is 0 Å². The Balaban J connectivity index is 2.57. The number of hydrogen-bond acceptors (Lipinski definition) is 4. The van der Waals surface area contributed by atoms with Crippen LogP contribution < -0.4 is 0 Å². The van der Waals surface area contributed by atoms with E-state index in [0.717, 1.165) is 0 Å². The van der Waals surface area contributed by atoms with Gasteiger partial charge in [0.1, 0.15) is 0 Å². The minimum Gasteiger partial charge on any atom is -0.464 e. The number of rotatable bonds is 3. The number of esters is 1. The second-order valence-corrected chi connectivity index (χ2v) is 3.75. The summed E-state index contributed by atoms with van der Waals surface area (Å²) in [4.78, 5) is 11.5. The third-order valence-electron chi connectivity index (χ3n) is 2.70. The second-order valence-electron chi connectivity index (χ2n) is 3.75. The highest BCUT2D eigenvalue weighted by Crippen LogP contribution is 2.28. The van der Waals surface area contributed by atoms with E-state index in [0.29, 0.717) is 32.7 Å². The molecule has 0 spiro atoms. The van der Waals surface area contributed by atoms with Gasteiger partial charge in [0.15, 0.2) is 5.60 Å². The van der Waals surface area contributed by atoms with Crippen molar-refractivity contribution < 1.29 is 19.4 Å². The third kappa shape index (κ3) is 2.45. The summed E-state index contributed by atoms with van der Waals surface area (Å²) < 4.78 is 10.0. The second kappa shape index (κ2) is 4.75. The lowest BCUT2D eigenvalue weighted by Gasteiger charge is -2.33. The van der Waals surface area contributed by atoms with Gasteiger partial charge in [-0.05, 0) is 26.7 Å². The molecule has 1 aliphatic heterocycles. The summed E-state index contributed by atoms with van der Waals surface area (Å²) in [5.74, 6) is -0.567. The molecule has 1 atom stereocenters. The average Bonchev–Trinajstić information content (AvgIpc) is 2.19. The lowest BCUT2D eigenvalue weighted by Crippen LogP contribution is -2.46. The van der Waals surface area contributed by atoms with Crippen molar-refractivity contribution in [2.45, 2.75) is 32.3 Å². The molecule has 0 aromatic carbocycles. The molecule has 0 saturated carbocycles. The van der Waals surface area contributed by atoms with Gasteiger partial charge >= 0.3 is 5.97 Å². The molecule has 1 heterocycles. The van der Waals surface area contributed by atoms with Crippen molar-refractivity contribution in [3.05, 3.63) is 0 Å². The largest absolute Gasteiger partial charge is 0.464 e. The Bertz CT molecular complexity index is 194. The zero-order chi connectivity index (χ0) is 10.6. The van der Waals surface area contributed by atoms with Crippen molar-refractivity contribution in [3.8, 4) is 0 Å². The van der Waals surface area contributed by atoms with Gasteiger partial charge in [0.2, 0.25) is 0 Å². The number of ether oxygens (including phenoxy) is 2. The first kappa shape index (κ1) is 11.5. The maximum Gasteiger partial charge on any atom is 0.338 e. The molecule has 0 unspecified atom stereocenters. The predicted octanol–water partition coefficient (Wildman–Crippen LogP) is 0.727. The number of hydrogen-bond donors (Lipinski definition) is 1. The van der Waals surface area contributed by atoms with Crippen LogP contribution in [0.5, 0.6) is 0 Å². The molecule has 0 bridgehead atoms. The Kier molecular flexibility index (Phi) is 3.89. The lowest BCUT2D eigenvalue weighted by atomic mass is 9.83. The van der Waals surface area contributed by atoms with E-state index in [9.17, 15) is 9.90 Å². The monoisotopic (exact) mass is 202 g/mol. The molecule has 0 aromatic heterocycles. The highest BCUT2D eigenvalue weighted by Gasteiger charge is 2.41. The molecular weight excluding hydrogens is 184 g/mol. The molecule has 1 aliphatic rings. The van der Waals surface area contributed by atoms with Gasteiger partial charge in [0, 0.05) is 19.1 Å². The number of aliphatic hydroxyl groups is 1. The van der Waals surface area contributed by atoms with Crippen LogP contribution in [0.3, 0.4) is 0 Å². The van der Waals surface area contributed by atoms with Crippen molar-refractivity contribution in [1.29, 1.82) is 0 Å². The quantitative estimate of drug-likeness (QED) is 0.685. The normalized spacial score (nSPS) is 22.8.